The number of carbonyl (C=O) groups is 2. The van der Waals surface area contributed by atoms with E-state index in [1.54, 1.807) is 24.3 Å². The van der Waals surface area contributed by atoms with Crippen LogP contribution in [-0.2, 0) is 9.53 Å². The lowest BCUT2D eigenvalue weighted by Gasteiger charge is -2.37. The van der Waals surface area contributed by atoms with Crippen molar-refractivity contribution in [2.24, 2.45) is 11.8 Å². The number of methoxy groups -OCH3 is 2. The summed E-state index contributed by atoms with van der Waals surface area (Å²) in [5.41, 5.74) is 2.42. The molecular formula is C22H20O8. The van der Waals surface area contributed by atoms with Crippen molar-refractivity contribution in [3.8, 4) is 23.0 Å². The molecule has 0 amide bonds. The number of aliphatic hydroxyl groups excluding tert-OH is 1. The monoisotopic (exact) mass is 412 g/mol. The first-order valence-corrected chi connectivity index (χ1v) is 9.56. The molecule has 0 radical (unpaired) electrons. The Bertz CT molecular complexity index is 1020. The van der Waals surface area contributed by atoms with Crippen molar-refractivity contribution in [2.75, 3.05) is 27.6 Å². The summed E-state index contributed by atoms with van der Waals surface area (Å²) < 4.78 is 27.2. The largest absolute Gasteiger partial charge is 0.496 e. The molecule has 0 unspecified atom stereocenters. The zero-order chi connectivity index (χ0) is 21.0. The van der Waals surface area contributed by atoms with Crippen molar-refractivity contribution in [3.63, 3.8) is 0 Å². The number of hydrogen-bond acceptors (Lipinski definition) is 8. The molecule has 156 valence electrons. The predicted molar refractivity (Wildman–Crippen MR) is 102 cm³/mol. The van der Waals surface area contributed by atoms with Crippen LogP contribution in [0.1, 0.15) is 39.1 Å². The van der Waals surface area contributed by atoms with Gasteiger partial charge in [-0.1, -0.05) is 0 Å². The Hall–Kier alpha value is -3.26. The average molecular weight is 412 g/mol. The number of cyclic esters (lactones) is 1. The van der Waals surface area contributed by atoms with E-state index in [2.05, 4.69) is 0 Å². The van der Waals surface area contributed by atoms with Gasteiger partial charge < -0.3 is 28.8 Å². The number of rotatable bonds is 4. The summed E-state index contributed by atoms with van der Waals surface area (Å²) in [7, 11) is 2.93. The van der Waals surface area contributed by atoms with Gasteiger partial charge in [-0.3, -0.25) is 9.59 Å². The minimum absolute atomic E-state index is 0.101. The number of aldehydes is 1. The summed E-state index contributed by atoms with van der Waals surface area (Å²) in [6.45, 7) is 0.235. The van der Waals surface area contributed by atoms with Crippen LogP contribution in [-0.4, -0.2) is 45.0 Å². The van der Waals surface area contributed by atoms with Crippen molar-refractivity contribution in [1.29, 1.82) is 0 Å². The Kier molecular flexibility index (Phi) is 4.32. The van der Waals surface area contributed by atoms with Gasteiger partial charge in [-0.2, -0.15) is 0 Å². The Labute approximate surface area is 172 Å². The van der Waals surface area contributed by atoms with E-state index in [0.717, 1.165) is 11.1 Å². The third-order valence-corrected chi connectivity index (χ3v) is 6.19. The summed E-state index contributed by atoms with van der Waals surface area (Å²) in [6.07, 6.45) is -0.203. The smallest absolute Gasteiger partial charge is 0.310 e. The van der Waals surface area contributed by atoms with Gasteiger partial charge in [0, 0.05) is 11.8 Å². The highest BCUT2D eigenvalue weighted by atomic mass is 16.7. The summed E-state index contributed by atoms with van der Waals surface area (Å²) in [6, 6.07) is 7.03. The first-order chi connectivity index (χ1) is 14.6. The Balaban J connectivity index is 1.75. The normalized spacial score (nSPS) is 25.9. The van der Waals surface area contributed by atoms with Crippen LogP contribution in [0.3, 0.4) is 0 Å². The van der Waals surface area contributed by atoms with E-state index in [1.165, 1.54) is 14.2 Å². The zero-order valence-electron chi connectivity index (χ0n) is 16.4. The summed E-state index contributed by atoms with van der Waals surface area (Å²) in [4.78, 5) is 24.3. The third kappa shape index (κ3) is 2.56. The maximum atomic E-state index is 12.7. The van der Waals surface area contributed by atoms with Gasteiger partial charge in [-0.05, 0) is 41.0 Å². The van der Waals surface area contributed by atoms with Gasteiger partial charge >= 0.3 is 5.97 Å². The topological polar surface area (TPSA) is 101 Å². The van der Waals surface area contributed by atoms with E-state index >= 15 is 0 Å². The van der Waals surface area contributed by atoms with Gasteiger partial charge in [0.15, 0.2) is 17.8 Å². The molecule has 2 aromatic carbocycles. The highest BCUT2D eigenvalue weighted by Crippen LogP contribution is 2.54. The molecule has 1 N–H and O–H groups in total. The molecular weight excluding hydrogens is 392 g/mol. The number of hydrogen-bond donors (Lipinski definition) is 1. The molecule has 30 heavy (non-hydrogen) atoms. The lowest BCUT2D eigenvalue weighted by atomic mass is 9.66. The van der Waals surface area contributed by atoms with Crippen LogP contribution >= 0.6 is 0 Å². The zero-order valence-corrected chi connectivity index (χ0v) is 16.4. The van der Waals surface area contributed by atoms with Crippen molar-refractivity contribution >= 4 is 12.3 Å². The number of benzene rings is 2. The summed E-state index contributed by atoms with van der Waals surface area (Å²) in [5.74, 6) is -0.0130. The minimum atomic E-state index is -0.875. The van der Waals surface area contributed by atoms with Gasteiger partial charge in [0.2, 0.25) is 6.79 Å². The highest BCUT2D eigenvalue weighted by molar-refractivity contribution is 5.85. The molecule has 2 aliphatic heterocycles. The number of esters is 1. The van der Waals surface area contributed by atoms with Crippen LogP contribution in [0.5, 0.6) is 23.0 Å². The predicted octanol–water partition coefficient (Wildman–Crippen LogP) is 2.21. The lowest BCUT2D eigenvalue weighted by molar-refractivity contribution is -0.141. The van der Waals surface area contributed by atoms with Gasteiger partial charge in [0.25, 0.3) is 0 Å². The molecule has 5 rings (SSSR count). The molecule has 2 aromatic rings. The van der Waals surface area contributed by atoms with Crippen LogP contribution in [0.15, 0.2) is 24.3 Å². The third-order valence-electron chi connectivity index (χ3n) is 6.19. The summed E-state index contributed by atoms with van der Waals surface area (Å²) >= 11 is 0. The fourth-order valence-electron chi connectivity index (χ4n) is 4.79. The number of carbonyl (C=O) groups excluding carboxylic acids is 2. The molecule has 1 aliphatic carbocycles. The second-order valence-electron chi connectivity index (χ2n) is 7.53. The van der Waals surface area contributed by atoms with Crippen molar-refractivity contribution in [1.82, 2.24) is 0 Å². The second kappa shape index (κ2) is 6.91. The van der Waals surface area contributed by atoms with E-state index in [0.29, 0.717) is 34.8 Å². The Morgan fingerprint density at radius 3 is 2.23 bits per heavy atom. The maximum absolute atomic E-state index is 12.7. The molecule has 1 saturated heterocycles. The quantitative estimate of drug-likeness (QED) is 0.603. The second-order valence-corrected chi connectivity index (χ2v) is 7.53. The van der Waals surface area contributed by atoms with Crippen molar-refractivity contribution < 1.29 is 38.4 Å². The molecule has 2 heterocycles. The Morgan fingerprint density at radius 2 is 1.63 bits per heavy atom. The number of ether oxygens (including phenoxy) is 5. The standard InChI is InChI=1S/C22H20O8/c1-26-15-3-10(4-16(27-2)13(15)7-23)19-11-5-17-18(30-9-29-17)6-12(11)21(24)14-8-28-22(25)20(14)19/h3-7,14,19-21,24H,8-9H2,1-2H3/t14-,19+,20-,21-/m0/s1. The van der Waals surface area contributed by atoms with Crippen molar-refractivity contribution in [2.45, 2.75) is 12.0 Å². The van der Waals surface area contributed by atoms with Gasteiger partial charge in [0.1, 0.15) is 11.5 Å². The van der Waals surface area contributed by atoms with E-state index in [1.807, 2.05) is 0 Å². The van der Waals surface area contributed by atoms with Gasteiger partial charge in [0.05, 0.1) is 38.4 Å². The molecule has 1 fully saturated rings. The molecule has 0 saturated carbocycles. The molecule has 4 atom stereocenters. The first-order valence-electron chi connectivity index (χ1n) is 9.56. The highest BCUT2D eigenvalue weighted by Gasteiger charge is 2.52. The molecule has 3 aliphatic rings. The molecule has 8 heteroatoms. The maximum Gasteiger partial charge on any atom is 0.310 e. The molecule has 0 aromatic heterocycles. The fraction of sp³-hybridized carbons (Fsp3) is 0.364. The average Bonchev–Trinajstić information content (AvgIpc) is 3.38. The molecule has 0 spiro atoms. The van der Waals surface area contributed by atoms with Gasteiger partial charge in [-0.25, -0.2) is 0 Å². The van der Waals surface area contributed by atoms with E-state index in [-0.39, 0.29) is 24.9 Å². The van der Waals surface area contributed by atoms with E-state index in [4.69, 9.17) is 23.7 Å². The van der Waals surface area contributed by atoms with Crippen LogP contribution in [0.25, 0.3) is 0 Å². The lowest BCUT2D eigenvalue weighted by Crippen LogP contribution is -2.34. The Morgan fingerprint density at radius 1 is 1.00 bits per heavy atom. The van der Waals surface area contributed by atoms with Crippen LogP contribution < -0.4 is 18.9 Å². The number of aliphatic hydroxyl groups is 1. The van der Waals surface area contributed by atoms with Crippen LogP contribution in [0, 0.1) is 11.8 Å². The van der Waals surface area contributed by atoms with E-state index in [9.17, 15) is 14.7 Å². The fourth-order valence-corrected chi connectivity index (χ4v) is 4.79. The van der Waals surface area contributed by atoms with E-state index < -0.39 is 23.9 Å². The first kappa shape index (κ1) is 18.7. The number of fused-ring (bicyclic) bond motifs is 3. The molecule has 8 nitrogen and oxygen atoms in total. The van der Waals surface area contributed by atoms with Gasteiger partial charge in [-0.15, -0.1) is 0 Å². The molecule has 0 bridgehead atoms. The van der Waals surface area contributed by atoms with Crippen LogP contribution in [0.4, 0.5) is 0 Å². The summed E-state index contributed by atoms with van der Waals surface area (Å²) in [5, 5.41) is 11.0. The van der Waals surface area contributed by atoms with Crippen LogP contribution in [0.2, 0.25) is 0 Å². The SMILES string of the molecule is COc1cc([C@@H]2c3cc4c(cc3[C@H](O)[C@H]3COC(=O)[C@H]23)OCO4)cc(OC)c1C=O. The van der Waals surface area contributed by atoms with Crippen molar-refractivity contribution in [3.05, 3.63) is 46.5 Å². The minimum Gasteiger partial charge on any atom is -0.496 e.